The maximum absolute atomic E-state index is 12.1. The smallest absolute Gasteiger partial charge is 0.317 e. The molecule has 0 saturated carbocycles. The standard InChI is InChI=1S/C19H16N6O2/c1-13-6-8-21-19(22-13)27-12-17(26)23-15-5-2-4-14(10-15)16-11-25-9-3-7-20-18(25)24-16/h2-11H,12H2,1H3,(H,23,26). The van der Waals surface area contributed by atoms with E-state index in [1.807, 2.05) is 48.0 Å². The first-order valence-electron chi connectivity index (χ1n) is 8.30. The highest BCUT2D eigenvalue weighted by atomic mass is 16.5. The lowest BCUT2D eigenvalue weighted by molar-refractivity contribution is -0.118. The molecule has 0 atom stereocenters. The van der Waals surface area contributed by atoms with Gasteiger partial charge in [0.15, 0.2) is 6.61 Å². The summed E-state index contributed by atoms with van der Waals surface area (Å²) in [7, 11) is 0. The Balaban J connectivity index is 1.45. The van der Waals surface area contributed by atoms with Crippen LogP contribution in [0.2, 0.25) is 0 Å². The van der Waals surface area contributed by atoms with Gasteiger partial charge in [-0.1, -0.05) is 12.1 Å². The van der Waals surface area contributed by atoms with Crippen LogP contribution in [-0.2, 0) is 4.79 Å². The molecular weight excluding hydrogens is 344 g/mol. The number of imidazole rings is 1. The third-order valence-electron chi connectivity index (χ3n) is 3.78. The summed E-state index contributed by atoms with van der Waals surface area (Å²) in [6.07, 6.45) is 7.06. The summed E-state index contributed by atoms with van der Waals surface area (Å²) < 4.78 is 7.16. The number of carbonyl (C=O) groups is 1. The summed E-state index contributed by atoms with van der Waals surface area (Å²) in [6.45, 7) is 1.65. The van der Waals surface area contributed by atoms with Crippen molar-refractivity contribution in [1.82, 2.24) is 24.3 Å². The summed E-state index contributed by atoms with van der Waals surface area (Å²) >= 11 is 0. The molecule has 134 valence electrons. The van der Waals surface area contributed by atoms with Gasteiger partial charge in [-0.25, -0.2) is 19.9 Å². The van der Waals surface area contributed by atoms with Crippen molar-refractivity contribution in [1.29, 1.82) is 0 Å². The van der Waals surface area contributed by atoms with Crippen LogP contribution in [0.3, 0.4) is 0 Å². The van der Waals surface area contributed by atoms with E-state index in [0.29, 0.717) is 11.5 Å². The normalized spacial score (nSPS) is 10.7. The van der Waals surface area contributed by atoms with Crippen molar-refractivity contribution in [3.05, 3.63) is 66.9 Å². The number of carbonyl (C=O) groups excluding carboxylic acids is 1. The van der Waals surface area contributed by atoms with Gasteiger partial charge in [0.2, 0.25) is 5.78 Å². The number of aryl methyl sites for hydroxylation is 1. The van der Waals surface area contributed by atoms with Gasteiger partial charge in [0, 0.05) is 41.7 Å². The third-order valence-corrected chi connectivity index (χ3v) is 3.78. The summed E-state index contributed by atoms with van der Waals surface area (Å²) in [4.78, 5) is 28.9. The fraction of sp³-hybridized carbons (Fsp3) is 0.105. The van der Waals surface area contributed by atoms with E-state index in [9.17, 15) is 4.79 Å². The van der Waals surface area contributed by atoms with Gasteiger partial charge < -0.3 is 10.1 Å². The number of anilines is 1. The van der Waals surface area contributed by atoms with Gasteiger partial charge in [0.1, 0.15) is 0 Å². The molecule has 0 aliphatic rings. The molecule has 8 heteroatoms. The summed E-state index contributed by atoms with van der Waals surface area (Å²) in [5.74, 6) is 0.322. The second-order valence-corrected chi connectivity index (χ2v) is 5.85. The maximum Gasteiger partial charge on any atom is 0.317 e. The van der Waals surface area contributed by atoms with Crippen molar-refractivity contribution >= 4 is 17.4 Å². The van der Waals surface area contributed by atoms with Gasteiger partial charge in [-0.05, 0) is 31.2 Å². The number of rotatable bonds is 5. The van der Waals surface area contributed by atoms with Crippen molar-refractivity contribution in [2.45, 2.75) is 6.92 Å². The molecule has 27 heavy (non-hydrogen) atoms. The van der Waals surface area contributed by atoms with Crippen LogP contribution in [-0.4, -0.2) is 36.9 Å². The Morgan fingerprint density at radius 3 is 2.93 bits per heavy atom. The number of hydrogen-bond acceptors (Lipinski definition) is 6. The Morgan fingerprint density at radius 1 is 1.15 bits per heavy atom. The average molecular weight is 360 g/mol. The average Bonchev–Trinajstić information content (AvgIpc) is 3.11. The van der Waals surface area contributed by atoms with E-state index in [2.05, 4.69) is 25.3 Å². The maximum atomic E-state index is 12.1. The van der Waals surface area contributed by atoms with Crippen molar-refractivity contribution in [3.63, 3.8) is 0 Å². The Bertz CT molecular complexity index is 1080. The van der Waals surface area contributed by atoms with Crippen LogP contribution in [0.4, 0.5) is 5.69 Å². The second-order valence-electron chi connectivity index (χ2n) is 5.85. The third kappa shape index (κ3) is 3.90. The zero-order valence-corrected chi connectivity index (χ0v) is 14.5. The molecule has 0 radical (unpaired) electrons. The summed E-state index contributed by atoms with van der Waals surface area (Å²) in [5, 5.41) is 2.80. The second kappa shape index (κ2) is 7.20. The first-order chi connectivity index (χ1) is 13.2. The number of nitrogens with one attached hydrogen (secondary N) is 1. The van der Waals surface area contributed by atoms with E-state index in [4.69, 9.17) is 4.74 Å². The van der Waals surface area contributed by atoms with Crippen LogP contribution in [0.25, 0.3) is 17.0 Å². The van der Waals surface area contributed by atoms with Crippen molar-refractivity contribution in [3.8, 4) is 17.3 Å². The lowest BCUT2D eigenvalue weighted by Gasteiger charge is -2.07. The van der Waals surface area contributed by atoms with Crippen LogP contribution in [0.15, 0.2) is 61.2 Å². The van der Waals surface area contributed by atoms with Crippen LogP contribution in [0.1, 0.15) is 5.69 Å². The molecule has 0 bridgehead atoms. The zero-order chi connectivity index (χ0) is 18.6. The Kier molecular flexibility index (Phi) is 4.44. The largest absolute Gasteiger partial charge is 0.453 e. The van der Waals surface area contributed by atoms with Crippen LogP contribution in [0.5, 0.6) is 6.01 Å². The molecule has 8 nitrogen and oxygen atoms in total. The fourth-order valence-electron chi connectivity index (χ4n) is 2.55. The molecule has 3 heterocycles. The Labute approximate surface area is 154 Å². The molecule has 4 aromatic rings. The molecule has 0 saturated heterocycles. The van der Waals surface area contributed by atoms with Gasteiger partial charge in [-0.3, -0.25) is 9.20 Å². The van der Waals surface area contributed by atoms with E-state index in [-0.39, 0.29) is 18.5 Å². The lowest BCUT2D eigenvalue weighted by Crippen LogP contribution is -2.20. The van der Waals surface area contributed by atoms with Gasteiger partial charge >= 0.3 is 6.01 Å². The fourth-order valence-corrected chi connectivity index (χ4v) is 2.55. The highest BCUT2D eigenvalue weighted by Gasteiger charge is 2.08. The lowest BCUT2D eigenvalue weighted by atomic mass is 10.1. The van der Waals surface area contributed by atoms with Crippen molar-refractivity contribution in [2.24, 2.45) is 0 Å². The Hall–Kier alpha value is -3.81. The SMILES string of the molecule is Cc1ccnc(OCC(=O)Nc2cccc(-c3cn4cccnc4n3)c2)n1. The molecule has 1 N–H and O–H groups in total. The molecule has 1 amide bonds. The molecule has 4 rings (SSSR count). The minimum atomic E-state index is -0.297. The molecule has 1 aromatic carbocycles. The number of hydrogen-bond donors (Lipinski definition) is 1. The quantitative estimate of drug-likeness (QED) is 0.588. The van der Waals surface area contributed by atoms with Crippen LogP contribution >= 0.6 is 0 Å². The Morgan fingerprint density at radius 2 is 2.07 bits per heavy atom. The number of ether oxygens (including phenoxy) is 1. The highest BCUT2D eigenvalue weighted by Crippen LogP contribution is 2.22. The molecule has 0 spiro atoms. The number of nitrogens with zero attached hydrogens (tertiary/aromatic N) is 5. The first kappa shape index (κ1) is 16.6. The summed E-state index contributed by atoms with van der Waals surface area (Å²) in [5.41, 5.74) is 3.07. The van der Waals surface area contributed by atoms with Crippen molar-refractivity contribution in [2.75, 3.05) is 11.9 Å². The number of amides is 1. The molecule has 3 aromatic heterocycles. The molecule has 0 aliphatic heterocycles. The monoisotopic (exact) mass is 360 g/mol. The minimum absolute atomic E-state index is 0.175. The van der Waals surface area contributed by atoms with E-state index in [1.165, 1.54) is 0 Å². The van der Waals surface area contributed by atoms with Gasteiger partial charge in [-0.2, -0.15) is 0 Å². The van der Waals surface area contributed by atoms with Gasteiger partial charge in [0.05, 0.1) is 5.69 Å². The number of fused-ring (bicyclic) bond motifs is 1. The predicted molar refractivity (Wildman–Crippen MR) is 99.3 cm³/mol. The molecule has 0 aliphatic carbocycles. The topological polar surface area (TPSA) is 94.3 Å². The minimum Gasteiger partial charge on any atom is -0.453 e. The van der Waals surface area contributed by atoms with Crippen molar-refractivity contribution < 1.29 is 9.53 Å². The van der Waals surface area contributed by atoms with E-state index in [0.717, 1.165) is 17.0 Å². The molecule has 0 unspecified atom stereocenters. The molecule has 0 fully saturated rings. The molecular formula is C19H16N6O2. The highest BCUT2D eigenvalue weighted by molar-refractivity contribution is 5.92. The number of benzene rings is 1. The summed E-state index contributed by atoms with van der Waals surface area (Å²) in [6, 6.07) is 11.2. The van der Waals surface area contributed by atoms with E-state index in [1.54, 1.807) is 24.5 Å². The van der Waals surface area contributed by atoms with E-state index >= 15 is 0 Å². The van der Waals surface area contributed by atoms with Crippen LogP contribution in [0, 0.1) is 6.92 Å². The van der Waals surface area contributed by atoms with E-state index < -0.39 is 0 Å². The number of aromatic nitrogens is 5. The van der Waals surface area contributed by atoms with Gasteiger partial charge in [0.25, 0.3) is 5.91 Å². The van der Waals surface area contributed by atoms with Gasteiger partial charge in [-0.15, -0.1) is 0 Å². The first-order valence-corrected chi connectivity index (χ1v) is 8.30. The predicted octanol–water partition coefficient (Wildman–Crippen LogP) is 2.51. The van der Waals surface area contributed by atoms with Crippen LogP contribution < -0.4 is 10.1 Å². The zero-order valence-electron chi connectivity index (χ0n) is 14.5.